The molecule has 0 saturated heterocycles. The number of aliphatic hydroxyl groups is 5. The number of carbonyl (C=O) groups excluding carboxylic acids is 2. The molecule has 0 saturated carbocycles. The molecule has 0 aliphatic carbocycles. The Bertz CT molecular complexity index is 407. The lowest BCUT2D eigenvalue weighted by Gasteiger charge is -2.20. The summed E-state index contributed by atoms with van der Waals surface area (Å²) in [6.45, 7) is -2.55. The maximum atomic E-state index is 11.4. The molecule has 0 aliphatic heterocycles. The molecule has 13 heteroatoms. The Kier molecular flexibility index (Phi) is 10.8. The molecule has 13 nitrogen and oxygen atoms in total. The van der Waals surface area contributed by atoms with Crippen LogP contribution in [0, 0.1) is 0 Å². The second-order valence-corrected chi connectivity index (χ2v) is 4.84. The molecule has 0 aromatic carbocycles. The summed E-state index contributed by atoms with van der Waals surface area (Å²) >= 11 is 0. The average molecular weight is 372 g/mol. The molecule has 0 amide bonds. The first-order valence-corrected chi connectivity index (χ1v) is 6.82. The van der Waals surface area contributed by atoms with Crippen LogP contribution in [0.3, 0.4) is 0 Å². The van der Waals surface area contributed by atoms with Crippen LogP contribution < -0.4 is 0 Å². The van der Waals surface area contributed by atoms with Crippen LogP contribution in [0.1, 0.15) is 12.8 Å². The van der Waals surface area contributed by atoms with Gasteiger partial charge in [0.05, 0.1) is 26.1 Å². The second-order valence-electron chi connectivity index (χ2n) is 4.84. The highest BCUT2D eigenvalue weighted by Crippen LogP contribution is 2.18. The molecule has 0 aromatic rings. The highest BCUT2D eigenvalue weighted by molar-refractivity contribution is 5.88. The van der Waals surface area contributed by atoms with Gasteiger partial charge in [-0.2, -0.15) is 9.78 Å². The fourth-order valence-corrected chi connectivity index (χ4v) is 1.21. The van der Waals surface area contributed by atoms with Crippen LogP contribution in [0.4, 0.5) is 0 Å². The number of hydrogen-bond acceptors (Lipinski definition) is 12. The fraction of sp³-hybridized carbons (Fsp3) is 0.750. The summed E-state index contributed by atoms with van der Waals surface area (Å²) in [5, 5.41) is 53.6. The van der Waals surface area contributed by atoms with Crippen molar-refractivity contribution in [2.24, 2.45) is 0 Å². The minimum Gasteiger partial charge on any atom is -0.479 e. The van der Waals surface area contributed by atoms with Gasteiger partial charge in [0.2, 0.25) is 0 Å². The lowest BCUT2D eigenvalue weighted by molar-refractivity contribution is -0.288. The third-order valence-electron chi connectivity index (χ3n) is 2.52. The second kappa shape index (κ2) is 11.6. The van der Waals surface area contributed by atoms with Crippen molar-refractivity contribution in [3.05, 3.63) is 0 Å². The summed E-state index contributed by atoms with van der Waals surface area (Å²) in [6.07, 6.45) is -5.09. The van der Waals surface area contributed by atoms with Crippen molar-refractivity contribution in [1.29, 1.82) is 0 Å². The van der Waals surface area contributed by atoms with E-state index in [-0.39, 0.29) is 0 Å². The van der Waals surface area contributed by atoms with Crippen molar-refractivity contribution >= 4 is 17.9 Å². The molecule has 0 fully saturated rings. The summed E-state index contributed by atoms with van der Waals surface area (Å²) in [5.74, 6) is -4.69. The molecule has 0 aliphatic rings. The minimum absolute atomic E-state index is 0.600. The SMILES string of the molecule is O=C(CC(O)(CC(=O)OOCC(O)CO)C(=O)O)OOCC(O)CO. The van der Waals surface area contributed by atoms with Gasteiger partial charge in [-0.3, -0.25) is 9.78 Å². The van der Waals surface area contributed by atoms with E-state index in [1.807, 2.05) is 0 Å². The van der Waals surface area contributed by atoms with Crippen molar-refractivity contribution in [3.63, 3.8) is 0 Å². The standard InChI is InChI=1S/C12H20O13/c13-3-7(15)5-22-24-9(17)1-12(21,11(19)20)2-10(18)25-23-6-8(16)4-14/h7-8,13-16,21H,1-6H2,(H,19,20). The summed E-state index contributed by atoms with van der Waals surface area (Å²) in [6, 6.07) is 0. The molecule has 0 heterocycles. The van der Waals surface area contributed by atoms with Gasteiger partial charge in [0.25, 0.3) is 0 Å². The fourth-order valence-electron chi connectivity index (χ4n) is 1.21. The summed E-state index contributed by atoms with van der Waals surface area (Å²) in [7, 11) is 0. The topological polar surface area (TPSA) is 210 Å². The summed E-state index contributed by atoms with van der Waals surface area (Å²) < 4.78 is 0. The highest BCUT2D eigenvalue weighted by atomic mass is 17.2. The maximum absolute atomic E-state index is 11.4. The van der Waals surface area contributed by atoms with Gasteiger partial charge in [-0.1, -0.05) is 0 Å². The van der Waals surface area contributed by atoms with Crippen molar-refractivity contribution in [2.45, 2.75) is 30.7 Å². The predicted molar refractivity (Wildman–Crippen MR) is 72.1 cm³/mol. The van der Waals surface area contributed by atoms with Crippen molar-refractivity contribution < 1.29 is 64.6 Å². The molecule has 146 valence electrons. The molecular weight excluding hydrogens is 352 g/mol. The van der Waals surface area contributed by atoms with Gasteiger partial charge in [0, 0.05) is 0 Å². The number of carboxylic acid groups (broad SMARTS) is 1. The normalized spacial score (nSPS) is 15.7. The monoisotopic (exact) mass is 372 g/mol. The molecule has 25 heavy (non-hydrogen) atoms. The summed E-state index contributed by atoms with van der Waals surface area (Å²) in [4.78, 5) is 50.5. The molecular formula is C12H20O13. The van der Waals surface area contributed by atoms with Gasteiger partial charge in [0.1, 0.15) is 25.4 Å². The highest BCUT2D eigenvalue weighted by Gasteiger charge is 2.42. The molecule has 0 spiro atoms. The number of carbonyl (C=O) groups is 3. The number of rotatable bonds is 13. The molecule has 0 aromatic heterocycles. The largest absolute Gasteiger partial charge is 0.479 e. The van der Waals surface area contributed by atoms with E-state index in [1.54, 1.807) is 0 Å². The predicted octanol–water partition coefficient (Wildman–Crippen LogP) is -3.76. The number of aliphatic carboxylic acids is 1. The van der Waals surface area contributed by atoms with E-state index < -0.39 is 75.0 Å². The van der Waals surface area contributed by atoms with E-state index in [2.05, 4.69) is 19.6 Å². The first kappa shape index (κ1) is 23.1. The molecule has 0 radical (unpaired) electrons. The maximum Gasteiger partial charge on any atom is 0.345 e. The van der Waals surface area contributed by atoms with E-state index in [1.165, 1.54) is 0 Å². The van der Waals surface area contributed by atoms with Crippen LogP contribution >= 0.6 is 0 Å². The lowest BCUT2D eigenvalue weighted by Crippen LogP contribution is -2.43. The van der Waals surface area contributed by atoms with Crippen LogP contribution in [0.2, 0.25) is 0 Å². The van der Waals surface area contributed by atoms with Crippen LogP contribution in [0.25, 0.3) is 0 Å². The molecule has 6 N–H and O–H groups in total. The Morgan fingerprint density at radius 3 is 1.48 bits per heavy atom. The van der Waals surface area contributed by atoms with Gasteiger partial charge < -0.3 is 30.6 Å². The zero-order chi connectivity index (χ0) is 19.5. The van der Waals surface area contributed by atoms with E-state index in [9.17, 15) is 19.5 Å². The van der Waals surface area contributed by atoms with Crippen molar-refractivity contribution in [1.82, 2.24) is 0 Å². The van der Waals surface area contributed by atoms with Gasteiger partial charge in [-0.25, -0.2) is 14.4 Å². The Morgan fingerprint density at radius 2 is 1.20 bits per heavy atom. The number of aliphatic hydroxyl groups excluding tert-OH is 4. The summed E-state index contributed by atoms with van der Waals surface area (Å²) in [5.41, 5.74) is -2.90. The van der Waals surface area contributed by atoms with Crippen LogP contribution in [-0.4, -0.2) is 92.8 Å². The molecule has 0 rings (SSSR count). The van der Waals surface area contributed by atoms with Gasteiger partial charge in [-0.05, 0) is 0 Å². The smallest absolute Gasteiger partial charge is 0.345 e. The lowest BCUT2D eigenvalue weighted by atomic mass is 9.96. The van der Waals surface area contributed by atoms with Crippen LogP contribution in [0.15, 0.2) is 0 Å². The van der Waals surface area contributed by atoms with Gasteiger partial charge in [0.15, 0.2) is 5.60 Å². The van der Waals surface area contributed by atoms with E-state index >= 15 is 0 Å². The number of hydrogen-bond donors (Lipinski definition) is 6. The zero-order valence-corrected chi connectivity index (χ0v) is 12.9. The first-order valence-electron chi connectivity index (χ1n) is 6.82. The third-order valence-corrected chi connectivity index (χ3v) is 2.52. The van der Waals surface area contributed by atoms with E-state index in [4.69, 9.17) is 25.5 Å². The van der Waals surface area contributed by atoms with Crippen LogP contribution in [-0.2, 0) is 33.9 Å². The number of carboxylic acids is 1. The Balaban J connectivity index is 4.45. The zero-order valence-electron chi connectivity index (χ0n) is 12.9. The van der Waals surface area contributed by atoms with E-state index in [0.29, 0.717) is 0 Å². The van der Waals surface area contributed by atoms with Crippen molar-refractivity contribution in [2.75, 3.05) is 26.4 Å². The quantitative estimate of drug-likeness (QED) is 0.136. The Labute approximate surface area is 140 Å². The molecule has 2 atom stereocenters. The third kappa shape index (κ3) is 9.88. The molecule has 2 unspecified atom stereocenters. The Morgan fingerprint density at radius 1 is 0.840 bits per heavy atom. The molecule has 0 bridgehead atoms. The van der Waals surface area contributed by atoms with E-state index in [0.717, 1.165) is 0 Å². The van der Waals surface area contributed by atoms with Gasteiger partial charge in [-0.15, -0.1) is 0 Å². The van der Waals surface area contributed by atoms with Crippen molar-refractivity contribution in [3.8, 4) is 0 Å². The average Bonchev–Trinajstić information content (AvgIpc) is 2.53. The van der Waals surface area contributed by atoms with Crippen LogP contribution in [0.5, 0.6) is 0 Å². The Hall–Kier alpha value is -1.87. The van der Waals surface area contributed by atoms with Gasteiger partial charge >= 0.3 is 17.9 Å². The minimum atomic E-state index is -2.90. The first-order chi connectivity index (χ1) is 11.6.